The Kier molecular flexibility index (Phi) is 4.58. The molecule has 2 aromatic rings. The topological polar surface area (TPSA) is 48.8 Å². The van der Waals surface area contributed by atoms with Crippen LogP contribution < -0.4 is 10.6 Å². The second kappa shape index (κ2) is 6.39. The molecule has 0 aliphatic carbocycles. The van der Waals surface area contributed by atoms with Crippen molar-refractivity contribution in [3.63, 3.8) is 0 Å². The molecular formula is C17H22N4. The lowest BCUT2D eigenvalue weighted by atomic mass is 10.1. The number of rotatable bonds is 4. The Bertz CT molecular complexity index is 592. The largest absolute Gasteiger partial charge is 0.388 e. The van der Waals surface area contributed by atoms with Crippen LogP contribution in [0, 0.1) is 0 Å². The van der Waals surface area contributed by atoms with Crippen molar-refractivity contribution in [3.05, 3.63) is 48.5 Å². The van der Waals surface area contributed by atoms with E-state index in [0.717, 1.165) is 22.7 Å². The molecule has 110 valence electrons. The number of hydrogen-bond donors (Lipinski definition) is 2. The Hall–Kier alpha value is -2.36. The number of benzene rings is 2. The van der Waals surface area contributed by atoms with Crippen molar-refractivity contribution >= 4 is 22.7 Å². The minimum absolute atomic E-state index is 0.0537. The summed E-state index contributed by atoms with van der Waals surface area (Å²) in [6.45, 7) is 6.40. The third kappa shape index (κ3) is 4.91. The molecule has 0 aliphatic heterocycles. The van der Waals surface area contributed by atoms with E-state index in [1.54, 1.807) is 0 Å². The minimum atomic E-state index is 0.0537. The van der Waals surface area contributed by atoms with E-state index in [0.29, 0.717) is 0 Å². The van der Waals surface area contributed by atoms with Crippen LogP contribution >= 0.6 is 0 Å². The summed E-state index contributed by atoms with van der Waals surface area (Å²) < 4.78 is 0. The Morgan fingerprint density at radius 3 is 1.52 bits per heavy atom. The smallest absolute Gasteiger partial charge is 0.0858 e. The molecule has 4 heteroatoms. The average molecular weight is 282 g/mol. The molecule has 0 atom stereocenters. The standard InChI is InChI=1S/C17H22N4/c1-17(2,3)19-14-7-11-16(12-8-14)21-20-15-9-5-13(18-4)6-10-15/h5-12,18-19H,1-4H3/b21-20+. The molecule has 2 aromatic carbocycles. The van der Waals surface area contributed by atoms with E-state index in [2.05, 4.69) is 41.6 Å². The lowest BCUT2D eigenvalue weighted by molar-refractivity contribution is 0.634. The second-order valence-electron chi connectivity index (χ2n) is 5.92. The van der Waals surface area contributed by atoms with Crippen molar-refractivity contribution in [3.8, 4) is 0 Å². The summed E-state index contributed by atoms with van der Waals surface area (Å²) in [6.07, 6.45) is 0. The van der Waals surface area contributed by atoms with Gasteiger partial charge in [0.1, 0.15) is 0 Å². The van der Waals surface area contributed by atoms with Gasteiger partial charge in [0.2, 0.25) is 0 Å². The zero-order valence-electron chi connectivity index (χ0n) is 13.0. The SMILES string of the molecule is CNc1ccc(/N=N/c2ccc(NC(C)(C)C)cc2)cc1. The van der Waals surface area contributed by atoms with Crippen LogP contribution in [0.5, 0.6) is 0 Å². The van der Waals surface area contributed by atoms with Gasteiger partial charge in [-0.05, 0) is 69.3 Å². The molecule has 0 saturated heterocycles. The Morgan fingerprint density at radius 1 is 0.714 bits per heavy atom. The lowest BCUT2D eigenvalue weighted by Crippen LogP contribution is -2.25. The highest BCUT2D eigenvalue weighted by Crippen LogP contribution is 2.22. The Labute approximate surface area is 126 Å². The molecule has 0 aromatic heterocycles. The van der Waals surface area contributed by atoms with E-state index < -0.39 is 0 Å². The molecule has 0 fully saturated rings. The summed E-state index contributed by atoms with van der Waals surface area (Å²) in [7, 11) is 1.89. The first-order chi connectivity index (χ1) is 9.96. The number of azo groups is 1. The van der Waals surface area contributed by atoms with Gasteiger partial charge >= 0.3 is 0 Å². The molecule has 0 amide bonds. The van der Waals surface area contributed by atoms with Crippen molar-refractivity contribution < 1.29 is 0 Å². The van der Waals surface area contributed by atoms with E-state index in [1.165, 1.54) is 0 Å². The van der Waals surface area contributed by atoms with Gasteiger partial charge in [-0.25, -0.2) is 0 Å². The fraction of sp³-hybridized carbons (Fsp3) is 0.294. The molecular weight excluding hydrogens is 260 g/mol. The quantitative estimate of drug-likeness (QED) is 0.742. The van der Waals surface area contributed by atoms with Crippen molar-refractivity contribution in [2.24, 2.45) is 10.2 Å². The molecule has 2 rings (SSSR count). The van der Waals surface area contributed by atoms with Crippen LogP contribution in [0.3, 0.4) is 0 Å². The first kappa shape index (κ1) is 15.0. The average Bonchev–Trinajstić information content (AvgIpc) is 2.45. The van der Waals surface area contributed by atoms with Crippen molar-refractivity contribution in [2.45, 2.75) is 26.3 Å². The van der Waals surface area contributed by atoms with Gasteiger partial charge < -0.3 is 10.6 Å². The summed E-state index contributed by atoms with van der Waals surface area (Å²) in [5, 5.41) is 15.0. The summed E-state index contributed by atoms with van der Waals surface area (Å²) in [5.74, 6) is 0. The van der Waals surface area contributed by atoms with Gasteiger partial charge in [-0.1, -0.05) is 0 Å². The molecule has 0 radical (unpaired) electrons. The molecule has 0 aliphatic rings. The van der Waals surface area contributed by atoms with Gasteiger partial charge in [0.25, 0.3) is 0 Å². The summed E-state index contributed by atoms with van der Waals surface area (Å²) in [4.78, 5) is 0. The molecule has 21 heavy (non-hydrogen) atoms. The highest BCUT2D eigenvalue weighted by Gasteiger charge is 2.08. The first-order valence-electron chi connectivity index (χ1n) is 7.04. The molecule has 0 unspecified atom stereocenters. The Balaban J connectivity index is 2.03. The zero-order valence-corrected chi connectivity index (χ0v) is 13.0. The fourth-order valence-corrected chi connectivity index (χ4v) is 1.85. The third-order valence-electron chi connectivity index (χ3n) is 2.82. The van der Waals surface area contributed by atoms with Crippen LogP contribution in [0.25, 0.3) is 0 Å². The van der Waals surface area contributed by atoms with E-state index in [4.69, 9.17) is 0 Å². The van der Waals surface area contributed by atoms with Gasteiger partial charge in [-0.2, -0.15) is 10.2 Å². The van der Waals surface area contributed by atoms with Crippen LogP contribution in [0.4, 0.5) is 22.7 Å². The summed E-state index contributed by atoms with van der Waals surface area (Å²) >= 11 is 0. The maximum absolute atomic E-state index is 4.25. The summed E-state index contributed by atoms with van der Waals surface area (Å²) in [6, 6.07) is 15.8. The van der Waals surface area contributed by atoms with E-state index >= 15 is 0 Å². The lowest BCUT2D eigenvalue weighted by Gasteiger charge is -2.21. The van der Waals surface area contributed by atoms with Gasteiger partial charge in [0.15, 0.2) is 0 Å². The van der Waals surface area contributed by atoms with Gasteiger partial charge in [-0.15, -0.1) is 0 Å². The zero-order chi connectivity index (χ0) is 15.3. The van der Waals surface area contributed by atoms with Crippen molar-refractivity contribution in [1.82, 2.24) is 0 Å². The molecule has 0 heterocycles. The maximum Gasteiger partial charge on any atom is 0.0858 e. The molecule has 2 N–H and O–H groups in total. The molecule has 0 bridgehead atoms. The third-order valence-corrected chi connectivity index (χ3v) is 2.82. The van der Waals surface area contributed by atoms with Gasteiger partial charge in [0, 0.05) is 24.0 Å². The van der Waals surface area contributed by atoms with Crippen LogP contribution in [-0.4, -0.2) is 12.6 Å². The molecule has 0 saturated carbocycles. The van der Waals surface area contributed by atoms with Gasteiger partial charge in [-0.3, -0.25) is 0 Å². The van der Waals surface area contributed by atoms with Crippen LogP contribution in [-0.2, 0) is 0 Å². The maximum atomic E-state index is 4.25. The highest BCUT2D eigenvalue weighted by molar-refractivity contribution is 5.53. The number of hydrogen-bond acceptors (Lipinski definition) is 4. The van der Waals surface area contributed by atoms with Crippen LogP contribution in [0.15, 0.2) is 58.8 Å². The normalized spacial score (nSPS) is 11.6. The minimum Gasteiger partial charge on any atom is -0.388 e. The second-order valence-corrected chi connectivity index (χ2v) is 5.92. The highest BCUT2D eigenvalue weighted by atomic mass is 15.1. The summed E-state index contributed by atoms with van der Waals surface area (Å²) in [5.41, 5.74) is 3.88. The van der Waals surface area contributed by atoms with E-state index in [9.17, 15) is 0 Å². The van der Waals surface area contributed by atoms with Crippen LogP contribution in [0.1, 0.15) is 20.8 Å². The van der Waals surface area contributed by atoms with Crippen LogP contribution in [0.2, 0.25) is 0 Å². The number of anilines is 2. The predicted molar refractivity (Wildman–Crippen MR) is 90.0 cm³/mol. The van der Waals surface area contributed by atoms with Crippen molar-refractivity contribution in [1.29, 1.82) is 0 Å². The van der Waals surface area contributed by atoms with E-state index in [-0.39, 0.29) is 5.54 Å². The van der Waals surface area contributed by atoms with Crippen molar-refractivity contribution in [2.75, 3.05) is 17.7 Å². The predicted octanol–water partition coefficient (Wildman–Crippen LogP) is 5.35. The first-order valence-corrected chi connectivity index (χ1v) is 7.04. The van der Waals surface area contributed by atoms with E-state index in [1.807, 2.05) is 55.6 Å². The number of nitrogens with zero attached hydrogens (tertiary/aromatic N) is 2. The molecule has 4 nitrogen and oxygen atoms in total. The number of nitrogens with one attached hydrogen (secondary N) is 2. The monoisotopic (exact) mass is 282 g/mol. The Morgan fingerprint density at radius 2 is 1.14 bits per heavy atom. The van der Waals surface area contributed by atoms with Gasteiger partial charge in [0.05, 0.1) is 11.4 Å². The fourth-order valence-electron chi connectivity index (χ4n) is 1.85. The molecule has 0 spiro atoms.